The van der Waals surface area contributed by atoms with Crippen molar-refractivity contribution in [1.82, 2.24) is 0 Å². The SMILES string of the molecule is NC(Cc1cc(F)ccc1F)C1CCCCCCC1. The molecule has 106 valence electrons. The van der Waals surface area contributed by atoms with Gasteiger partial charge in [-0.05, 0) is 48.9 Å². The highest BCUT2D eigenvalue weighted by molar-refractivity contribution is 5.19. The zero-order chi connectivity index (χ0) is 13.7. The molecular weight excluding hydrogens is 244 g/mol. The molecule has 1 unspecified atom stereocenters. The molecule has 2 rings (SSSR count). The zero-order valence-corrected chi connectivity index (χ0v) is 11.4. The van der Waals surface area contributed by atoms with E-state index >= 15 is 0 Å². The summed E-state index contributed by atoms with van der Waals surface area (Å²) in [6.07, 6.45) is 8.98. The van der Waals surface area contributed by atoms with Crippen molar-refractivity contribution in [2.75, 3.05) is 0 Å². The van der Waals surface area contributed by atoms with E-state index in [4.69, 9.17) is 5.73 Å². The molecule has 0 aromatic heterocycles. The molecule has 0 saturated heterocycles. The summed E-state index contributed by atoms with van der Waals surface area (Å²) in [7, 11) is 0. The Labute approximate surface area is 114 Å². The van der Waals surface area contributed by atoms with Gasteiger partial charge in [0, 0.05) is 6.04 Å². The molecule has 1 fully saturated rings. The molecule has 1 aliphatic rings. The lowest BCUT2D eigenvalue weighted by atomic mass is 9.84. The first-order valence-electron chi connectivity index (χ1n) is 7.36. The van der Waals surface area contributed by atoms with Crippen molar-refractivity contribution < 1.29 is 8.78 Å². The molecule has 1 nitrogen and oxygen atoms in total. The van der Waals surface area contributed by atoms with Crippen LogP contribution in [0.5, 0.6) is 0 Å². The van der Waals surface area contributed by atoms with Gasteiger partial charge in [0.2, 0.25) is 0 Å². The first-order chi connectivity index (χ1) is 9.16. The van der Waals surface area contributed by atoms with Crippen LogP contribution in [-0.4, -0.2) is 6.04 Å². The highest BCUT2D eigenvalue weighted by Gasteiger charge is 2.20. The van der Waals surface area contributed by atoms with Crippen molar-refractivity contribution in [3.8, 4) is 0 Å². The Morgan fingerprint density at radius 1 is 1.05 bits per heavy atom. The van der Waals surface area contributed by atoms with Gasteiger partial charge >= 0.3 is 0 Å². The van der Waals surface area contributed by atoms with Gasteiger partial charge in [-0.1, -0.05) is 32.1 Å². The highest BCUT2D eigenvalue weighted by Crippen LogP contribution is 2.26. The molecule has 0 heterocycles. The molecule has 1 aromatic carbocycles. The minimum absolute atomic E-state index is 0.0607. The molecule has 19 heavy (non-hydrogen) atoms. The van der Waals surface area contributed by atoms with Gasteiger partial charge in [0.05, 0.1) is 0 Å². The Kier molecular flexibility index (Phi) is 5.32. The van der Waals surface area contributed by atoms with E-state index < -0.39 is 0 Å². The number of halogens is 2. The third-order valence-corrected chi connectivity index (χ3v) is 4.22. The van der Waals surface area contributed by atoms with Crippen LogP contribution in [0.25, 0.3) is 0 Å². The number of benzene rings is 1. The van der Waals surface area contributed by atoms with Crippen molar-refractivity contribution >= 4 is 0 Å². The summed E-state index contributed by atoms with van der Waals surface area (Å²) >= 11 is 0. The standard InChI is InChI=1S/C16H23F2N/c17-14-8-9-15(18)13(10-14)11-16(19)12-6-4-2-1-3-5-7-12/h8-10,12,16H,1-7,11,19H2. The van der Waals surface area contributed by atoms with Crippen LogP contribution in [0.2, 0.25) is 0 Å². The molecule has 2 N–H and O–H groups in total. The Hall–Kier alpha value is -0.960. The summed E-state index contributed by atoms with van der Waals surface area (Å²) in [6, 6.07) is 3.56. The molecule has 1 saturated carbocycles. The van der Waals surface area contributed by atoms with E-state index in [1.807, 2.05) is 0 Å². The van der Waals surface area contributed by atoms with E-state index in [0.717, 1.165) is 18.9 Å². The van der Waals surface area contributed by atoms with Crippen molar-refractivity contribution in [2.45, 2.75) is 57.4 Å². The average Bonchev–Trinajstić information content (AvgIpc) is 2.33. The van der Waals surface area contributed by atoms with E-state index in [1.54, 1.807) is 0 Å². The number of hydrogen-bond acceptors (Lipinski definition) is 1. The third-order valence-electron chi connectivity index (χ3n) is 4.22. The molecule has 0 spiro atoms. The Bertz CT molecular complexity index is 398. The summed E-state index contributed by atoms with van der Waals surface area (Å²) in [5.74, 6) is -0.285. The first kappa shape index (κ1) is 14.4. The maximum absolute atomic E-state index is 13.6. The fourth-order valence-electron chi connectivity index (χ4n) is 3.04. The molecule has 1 aromatic rings. The van der Waals surface area contributed by atoms with Gasteiger partial charge in [-0.2, -0.15) is 0 Å². The van der Waals surface area contributed by atoms with Gasteiger partial charge in [0.25, 0.3) is 0 Å². The van der Waals surface area contributed by atoms with Crippen LogP contribution in [0.1, 0.15) is 50.5 Å². The van der Waals surface area contributed by atoms with E-state index in [-0.39, 0.29) is 17.7 Å². The molecule has 3 heteroatoms. The monoisotopic (exact) mass is 267 g/mol. The highest BCUT2D eigenvalue weighted by atomic mass is 19.1. The number of nitrogens with two attached hydrogens (primary N) is 1. The first-order valence-corrected chi connectivity index (χ1v) is 7.36. The van der Waals surface area contributed by atoms with Gasteiger partial charge in [-0.25, -0.2) is 8.78 Å². The van der Waals surface area contributed by atoms with Crippen LogP contribution in [0.4, 0.5) is 8.78 Å². The van der Waals surface area contributed by atoms with Crippen LogP contribution in [0, 0.1) is 17.6 Å². The largest absolute Gasteiger partial charge is 0.327 e. The van der Waals surface area contributed by atoms with Crippen LogP contribution in [0.15, 0.2) is 18.2 Å². The lowest BCUT2D eigenvalue weighted by Gasteiger charge is -2.26. The molecule has 0 radical (unpaired) electrons. The second-order valence-corrected chi connectivity index (χ2v) is 5.71. The van der Waals surface area contributed by atoms with Crippen LogP contribution >= 0.6 is 0 Å². The molecule has 0 aliphatic heterocycles. The second kappa shape index (κ2) is 6.99. The van der Waals surface area contributed by atoms with Crippen LogP contribution in [0.3, 0.4) is 0 Å². The molecule has 1 atom stereocenters. The molecule has 0 amide bonds. The molecule has 0 bridgehead atoms. The van der Waals surface area contributed by atoms with E-state index in [0.29, 0.717) is 17.9 Å². The Balaban J connectivity index is 1.98. The van der Waals surface area contributed by atoms with E-state index in [2.05, 4.69) is 0 Å². The Morgan fingerprint density at radius 3 is 2.37 bits per heavy atom. The van der Waals surface area contributed by atoms with Gasteiger partial charge in [-0.3, -0.25) is 0 Å². The second-order valence-electron chi connectivity index (χ2n) is 5.71. The summed E-state index contributed by atoms with van der Waals surface area (Å²) < 4.78 is 26.8. The number of rotatable bonds is 3. The van der Waals surface area contributed by atoms with Gasteiger partial charge < -0.3 is 5.73 Å². The molecule has 1 aliphatic carbocycles. The summed E-state index contributed by atoms with van der Waals surface area (Å²) in [4.78, 5) is 0. The minimum atomic E-state index is -0.388. The smallest absolute Gasteiger partial charge is 0.126 e. The lowest BCUT2D eigenvalue weighted by molar-refractivity contribution is 0.320. The van der Waals surface area contributed by atoms with E-state index in [1.165, 1.54) is 44.2 Å². The van der Waals surface area contributed by atoms with Crippen molar-refractivity contribution in [2.24, 2.45) is 11.7 Å². The van der Waals surface area contributed by atoms with Gasteiger partial charge in [0.15, 0.2) is 0 Å². The molecular formula is C16H23F2N. The van der Waals surface area contributed by atoms with Gasteiger partial charge in [0.1, 0.15) is 11.6 Å². The normalized spacial score (nSPS) is 19.7. The van der Waals surface area contributed by atoms with Crippen molar-refractivity contribution in [3.05, 3.63) is 35.4 Å². The summed E-state index contributed by atoms with van der Waals surface area (Å²) in [5.41, 5.74) is 6.64. The lowest BCUT2D eigenvalue weighted by Crippen LogP contribution is -2.33. The quantitative estimate of drug-likeness (QED) is 0.873. The maximum atomic E-state index is 13.6. The Morgan fingerprint density at radius 2 is 1.68 bits per heavy atom. The van der Waals surface area contributed by atoms with Crippen molar-refractivity contribution in [3.63, 3.8) is 0 Å². The van der Waals surface area contributed by atoms with Gasteiger partial charge in [-0.15, -0.1) is 0 Å². The van der Waals surface area contributed by atoms with Crippen LogP contribution < -0.4 is 5.73 Å². The van der Waals surface area contributed by atoms with Crippen molar-refractivity contribution in [1.29, 1.82) is 0 Å². The topological polar surface area (TPSA) is 26.0 Å². The summed E-state index contributed by atoms with van der Waals surface area (Å²) in [6.45, 7) is 0. The predicted molar refractivity (Wildman–Crippen MR) is 73.8 cm³/mol. The maximum Gasteiger partial charge on any atom is 0.126 e. The van der Waals surface area contributed by atoms with E-state index in [9.17, 15) is 8.78 Å². The fraction of sp³-hybridized carbons (Fsp3) is 0.625. The minimum Gasteiger partial charge on any atom is -0.327 e. The average molecular weight is 267 g/mol. The number of hydrogen-bond donors (Lipinski definition) is 1. The third kappa shape index (κ3) is 4.27. The fourth-order valence-corrected chi connectivity index (χ4v) is 3.04. The zero-order valence-electron chi connectivity index (χ0n) is 11.4. The predicted octanol–water partition coefficient (Wildman–Crippen LogP) is 4.20. The summed E-state index contributed by atoms with van der Waals surface area (Å²) in [5, 5.41) is 0. The van der Waals surface area contributed by atoms with Crippen LogP contribution in [-0.2, 0) is 6.42 Å².